The Labute approximate surface area is 169 Å². The Morgan fingerprint density at radius 2 is 1.79 bits per heavy atom. The molecule has 0 aliphatic carbocycles. The molecule has 0 aromatic heterocycles. The third-order valence-electron chi connectivity index (χ3n) is 4.01. The largest absolute Gasteiger partial charge is 0.496 e. The first-order valence-corrected chi connectivity index (χ1v) is 9.37. The molecule has 1 amide bonds. The summed E-state index contributed by atoms with van der Waals surface area (Å²) in [7, 11) is 1.59. The zero-order chi connectivity index (χ0) is 20.4. The molecule has 2 aromatic rings. The van der Waals surface area contributed by atoms with Gasteiger partial charge in [-0.3, -0.25) is 0 Å². The Kier molecular flexibility index (Phi) is 8.62. The van der Waals surface area contributed by atoms with Crippen LogP contribution in [-0.2, 0) is 27.1 Å². The third-order valence-corrected chi connectivity index (χ3v) is 4.27. The van der Waals surface area contributed by atoms with Crippen molar-refractivity contribution in [1.82, 2.24) is 5.32 Å². The average Bonchev–Trinajstić information content (AvgIpc) is 2.69. The van der Waals surface area contributed by atoms with Crippen LogP contribution in [0.15, 0.2) is 48.5 Å². The van der Waals surface area contributed by atoms with Gasteiger partial charge in [-0.2, -0.15) is 0 Å². The van der Waals surface area contributed by atoms with Crippen LogP contribution in [0.2, 0.25) is 5.02 Å². The number of esters is 1. The van der Waals surface area contributed by atoms with Crippen molar-refractivity contribution in [3.63, 3.8) is 0 Å². The van der Waals surface area contributed by atoms with Crippen molar-refractivity contribution in [2.24, 2.45) is 0 Å². The van der Waals surface area contributed by atoms with Gasteiger partial charge in [0.1, 0.15) is 11.8 Å². The molecule has 1 unspecified atom stereocenters. The highest BCUT2D eigenvalue weighted by atomic mass is 35.5. The number of hydrogen-bond donors (Lipinski definition) is 1. The molecule has 150 valence electrons. The van der Waals surface area contributed by atoms with Crippen LogP contribution in [0.1, 0.15) is 18.1 Å². The molecule has 1 atom stereocenters. The third kappa shape index (κ3) is 6.78. The number of carbonyl (C=O) groups is 2. The number of alkyl carbamates (subject to hydrolysis) is 1. The van der Waals surface area contributed by atoms with E-state index in [9.17, 15) is 9.59 Å². The lowest BCUT2D eigenvalue weighted by Crippen LogP contribution is -2.43. The minimum Gasteiger partial charge on any atom is -0.496 e. The maximum atomic E-state index is 12.2. The Morgan fingerprint density at radius 3 is 2.46 bits per heavy atom. The summed E-state index contributed by atoms with van der Waals surface area (Å²) in [4.78, 5) is 24.4. The number of para-hydroxylation sites is 1. The van der Waals surface area contributed by atoms with Crippen molar-refractivity contribution < 1.29 is 23.8 Å². The number of rotatable bonds is 9. The SMILES string of the molecule is CCOC(=O)C(Cc1ccc(Cl)cc1)NC(=O)OCCc1ccccc1OC. The lowest BCUT2D eigenvalue weighted by atomic mass is 10.1. The van der Waals surface area contributed by atoms with E-state index in [1.54, 1.807) is 38.3 Å². The van der Waals surface area contributed by atoms with E-state index in [4.69, 9.17) is 25.8 Å². The average molecular weight is 406 g/mol. The molecule has 6 nitrogen and oxygen atoms in total. The molecule has 0 heterocycles. The Balaban J connectivity index is 1.91. The summed E-state index contributed by atoms with van der Waals surface area (Å²) in [5.41, 5.74) is 1.78. The van der Waals surface area contributed by atoms with E-state index in [2.05, 4.69) is 5.32 Å². The van der Waals surface area contributed by atoms with Gasteiger partial charge in [-0.05, 0) is 36.2 Å². The minimum atomic E-state index is -0.847. The molecule has 1 N–H and O–H groups in total. The standard InChI is InChI=1S/C21H24ClNO5/c1-3-27-20(24)18(14-15-8-10-17(22)11-9-15)23-21(25)28-13-12-16-6-4-5-7-19(16)26-2/h4-11,18H,3,12-14H2,1-2H3,(H,23,25). The summed E-state index contributed by atoms with van der Waals surface area (Å²) < 4.78 is 15.6. The molecule has 0 fully saturated rings. The van der Waals surface area contributed by atoms with Crippen molar-refractivity contribution in [2.45, 2.75) is 25.8 Å². The summed E-state index contributed by atoms with van der Waals surface area (Å²) in [6.45, 7) is 2.09. The normalized spacial score (nSPS) is 11.4. The summed E-state index contributed by atoms with van der Waals surface area (Å²) in [5, 5.41) is 3.18. The summed E-state index contributed by atoms with van der Waals surface area (Å²) >= 11 is 5.88. The molecule has 0 radical (unpaired) electrons. The number of hydrogen-bond acceptors (Lipinski definition) is 5. The molecular formula is C21H24ClNO5. The van der Waals surface area contributed by atoms with Gasteiger partial charge in [0, 0.05) is 17.9 Å². The van der Waals surface area contributed by atoms with Crippen molar-refractivity contribution in [3.05, 3.63) is 64.7 Å². The van der Waals surface area contributed by atoms with E-state index in [0.29, 0.717) is 11.4 Å². The zero-order valence-electron chi connectivity index (χ0n) is 15.9. The zero-order valence-corrected chi connectivity index (χ0v) is 16.7. The van der Waals surface area contributed by atoms with Gasteiger partial charge in [0.05, 0.1) is 20.3 Å². The molecular weight excluding hydrogens is 382 g/mol. The number of carbonyl (C=O) groups excluding carboxylic acids is 2. The van der Waals surface area contributed by atoms with E-state index in [1.807, 2.05) is 24.3 Å². The molecule has 0 aliphatic heterocycles. The van der Waals surface area contributed by atoms with Crippen LogP contribution < -0.4 is 10.1 Å². The number of benzene rings is 2. The van der Waals surface area contributed by atoms with Crippen LogP contribution >= 0.6 is 11.6 Å². The quantitative estimate of drug-likeness (QED) is 0.642. The second kappa shape index (κ2) is 11.2. The molecule has 0 spiro atoms. The van der Waals surface area contributed by atoms with E-state index < -0.39 is 18.1 Å². The van der Waals surface area contributed by atoms with Gasteiger partial charge in [0.25, 0.3) is 0 Å². The highest BCUT2D eigenvalue weighted by Crippen LogP contribution is 2.17. The lowest BCUT2D eigenvalue weighted by molar-refractivity contribution is -0.145. The smallest absolute Gasteiger partial charge is 0.407 e. The fourth-order valence-electron chi connectivity index (χ4n) is 2.64. The summed E-state index contributed by atoms with van der Waals surface area (Å²) in [5.74, 6) is 0.220. The van der Waals surface area contributed by atoms with Gasteiger partial charge in [-0.1, -0.05) is 41.9 Å². The summed E-state index contributed by atoms with van der Waals surface area (Å²) in [6, 6.07) is 13.7. The van der Waals surface area contributed by atoms with E-state index in [1.165, 1.54) is 0 Å². The van der Waals surface area contributed by atoms with Crippen LogP contribution in [-0.4, -0.2) is 38.4 Å². The molecule has 0 saturated heterocycles. The summed E-state index contributed by atoms with van der Waals surface area (Å²) in [6.07, 6.45) is 0.0953. The highest BCUT2D eigenvalue weighted by Gasteiger charge is 2.23. The molecule has 0 bridgehead atoms. The van der Waals surface area contributed by atoms with Crippen molar-refractivity contribution >= 4 is 23.7 Å². The molecule has 28 heavy (non-hydrogen) atoms. The first-order chi connectivity index (χ1) is 13.5. The Morgan fingerprint density at radius 1 is 1.07 bits per heavy atom. The maximum absolute atomic E-state index is 12.2. The maximum Gasteiger partial charge on any atom is 0.407 e. The number of halogens is 1. The van der Waals surface area contributed by atoms with Crippen LogP contribution in [0.3, 0.4) is 0 Å². The molecule has 0 saturated carbocycles. The van der Waals surface area contributed by atoms with Gasteiger partial charge in [-0.25, -0.2) is 9.59 Å². The van der Waals surface area contributed by atoms with E-state index in [-0.39, 0.29) is 19.6 Å². The van der Waals surface area contributed by atoms with Gasteiger partial charge >= 0.3 is 12.1 Å². The molecule has 7 heteroatoms. The number of amides is 1. The Hall–Kier alpha value is -2.73. The molecule has 2 rings (SSSR count). The first-order valence-electron chi connectivity index (χ1n) is 8.99. The second-order valence-corrected chi connectivity index (χ2v) is 6.41. The van der Waals surface area contributed by atoms with Crippen molar-refractivity contribution in [2.75, 3.05) is 20.3 Å². The second-order valence-electron chi connectivity index (χ2n) is 5.98. The van der Waals surface area contributed by atoms with Crippen molar-refractivity contribution in [3.8, 4) is 5.75 Å². The minimum absolute atomic E-state index is 0.155. The number of nitrogens with one attached hydrogen (secondary N) is 1. The van der Waals surface area contributed by atoms with Gasteiger partial charge in [0.15, 0.2) is 0 Å². The lowest BCUT2D eigenvalue weighted by Gasteiger charge is -2.17. The van der Waals surface area contributed by atoms with Gasteiger partial charge in [0.2, 0.25) is 0 Å². The van der Waals surface area contributed by atoms with Crippen LogP contribution in [0, 0.1) is 0 Å². The predicted octanol–water partition coefficient (Wildman–Crippen LogP) is 3.79. The number of methoxy groups -OCH3 is 1. The fraction of sp³-hybridized carbons (Fsp3) is 0.333. The first kappa shape index (κ1) is 21.6. The number of ether oxygens (including phenoxy) is 3. The van der Waals surface area contributed by atoms with Crippen LogP contribution in [0.5, 0.6) is 5.75 Å². The van der Waals surface area contributed by atoms with Gasteiger partial charge in [-0.15, -0.1) is 0 Å². The van der Waals surface area contributed by atoms with Gasteiger partial charge < -0.3 is 19.5 Å². The van der Waals surface area contributed by atoms with Crippen LogP contribution in [0.25, 0.3) is 0 Å². The molecule has 0 aliphatic rings. The topological polar surface area (TPSA) is 73.9 Å². The monoisotopic (exact) mass is 405 g/mol. The molecule has 2 aromatic carbocycles. The fourth-order valence-corrected chi connectivity index (χ4v) is 2.77. The Bertz CT molecular complexity index is 779. The predicted molar refractivity (Wildman–Crippen MR) is 107 cm³/mol. The van der Waals surface area contributed by atoms with E-state index >= 15 is 0 Å². The van der Waals surface area contributed by atoms with Crippen LogP contribution in [0.4, 0.5) is 4.79 Å². The van der Waals surface area contributed by atoms with Crippen molar-refractivity contribution in [1.29, 1.82) is 0 Å². The highest BCUT2D eigenvalue weighted by molar-refractivity contribution is 6.30. The van der Waals surface area contributed by atoms with E-state index in [0.717, 1.165) is 16.9 Å².